The molecule has 2 N–H and O–H groups in total. The SMILES string of the molecule is CCCCn1nc(CC(C)C)c2c(N3CCC(S(N)(=O)=O)CC3)ncnc21. The van der Waals surface area contributed by atoms with Crippen LogP contribution in [0.25, 0.3) is 11.0 Å². The highest BCUT2D eigenvalue weighted by molar-refractivity contribution is 7.89. The van der Waals surface area contributed by atoms with Crippen molar-refractivity contribution in [1.29, 1.82) is 0 Å². The molecular weight excluding hydrogens is 364 g/mol. The summed E-state index contributed by atoms with van der Waals surface area (Å²) < 4.78 is 25.3. The lowest BCUT2D eigenvalue weighted by atomic mass is 10.1. The molecule has 2 aromatic heterocycles. The van der Waals surface area contributed by atoms with Crippen LogP contribution in [0.2, 0.25) is 0 Å². The van der Waals surface area contributed by atoms with Gasteiger partial charge in [0.15, 0.2) is 5.65 Å². The molecule has 0 atom stereocenters. The van der Waals surface area contributed by atoms with Crippen molar-refractivity contribution in [3.05, 3.63) is 12.0 Å². The van der Waals surface area contributed by atoms with E-state index >= 15 is 0 Å². The first-order valence-corrected chi connectivity index (χ1v) is 11.4. The maximum Gasteiger partial charge on any atom is 0.212 e. The van der Waals surface area contributed by atoms with Gasteiger partial charge in [-0.25, -0.2) is 28.2 Å². The Morgan fingerprint density at radius 3 is 2.56 bits per heavy atom. The minimum atomic E-state index is -3.48. The van der Waals surface area contributed by atoms with Crippen LogP contribution in [-0.2, 0) is 23.0 Å². The number of piperidine rings is 1. The van der Waals surface area contributed by atoms with E-state index in [0.29, 0.717) is 31.8 Å². The number of unbranched alkanes of at least 4 members (excludes halogenated alkanes) is 1. The second-order valence-corrected chi connectivity index (χ2v) is 9.64. The third kappa shape index (κ3) is 4.40. The van der Waals surface area contributed by atoms with E-state index in [1.807, 2.05) is 4.68 Å². The lowest BCUT2D eigenvalue weighted by molar-refractivity contribution is 0.529. The third-order valence-electron chi connectivity index (χ3n) is 5.11. The number of sulfonamides is 1. The van der Waals surface area contributed by atoms with Crippen molar-refractivity contribution in [2.45, 2.75) is 64.7 Å². The predicted octanol–water partition coefficient (Wildman–Crippen LogP) is 2.08. The molecule has 1 aliphatic rings. The zero-order valence-corrected chi connectivity index (χ0v) is 17.2. The Kier molecular flexibility index (Phi) is 6.00. The molecule has 2 aromatic rings. The molecule has 0 aromatic carbocycles. The highest BCUT2D eigenvalue weighted by Crippen LogP contribution is 2.30. The van der Waals surface area contributed by atoms with Gasteiger partial charge in [0.2, 0.25) is 10.0 Å². The zero-order valence-electron chi connectivity index (χ0n) is 16.4. The van der Waals surface area contributed by atoms with Gasteiger partial charge >= 0.3 is 0 Å². The van der Waals surface area contributed by atoms with E-state index in [2.05, 4.69) is 35.6 Å². The number of hydrogen-bond acceptors (Lipinski definition) is 6. The first kappa shape index (κ1) is 20.0. The van der Waals surface area contributed by atoms with Crippen molar-refractivity contribution >= 4 is 26.9 Å². The van der Waals surface area contributed by atoms with Crippen LogP contribution in [0.5, 0.6) is 0 Å². The molecule has 1 saturated heterocycles. The molecule has 1 aliphatic heterocycles. The van der Waals surface area contributed by atoms with Gasteiger partial charge < -0.3 is 4.90 Å². The Labute approximate surface area is 161 Å². The van der Waals surface area contributed by atoms with Crippen LogP contribution < -0.4 is 10.0 Å². The van der Waals surface area contributed by atoms with Gasteiger partial charge in [-0.2, -0.15) is 5.10 Å². The summed E-state index contributed by atoms with van der Waals surface area (Å²) in [5, 5.41) is 10.7. The molecule has 0 unspecified atom stereocenters. The Hall–Kier alpha value is -1.74. The average Bonchev–Trinajstić information content (AvgIpc) is 2.96. The molecule has 3 rings (SSSR count). The Morgan fingerprint density at radius 2 is 1.96 bits per heavy atom. The van der Waals surface area contributed by atoms with Crippen molar-refractivity contribution in [3.63, 3.8) is 0 Å². The van der Waals surface area contributed by atoms with Gasteiger partial charge in [0.25, 0.3) is 0 Å². The molecule has 27 heavy (non-hydrogen) atoms. The summed E-state index contributed by atoms with van der Waals surface area (Å²) in [5.41, 5.74) is 1.90. The quantitative estimate of drug-likeness (QED) is 0.770. The Bertz CT molecular complexity index is 885. The third-order valence-corrected chi connectivity index (χ3v) is 6.51. The molecule has 0 saturated carbocycles. The van der Waals surface area contributed by atoms with Crippen LogP contribution in [0.15, 0.2) is 6.33 Å². The maximum absolute atomic E-state index is 11.6. The highest BCUT2D eigenvalue weighted by Gasteiger charge is 2.29. The van der Waals surface area contributed by atoms with Crippen LogP contribution in [-0.4, -0.2) is 46.5 Å². The largest absolute Gasteiger partial charge is 0.356 e. The van der Waals surface area contributed by atoms with Crippen LogP contribution in [0.1, 0.15) is 52.1 Å². The van der Waals surface area contributed by atoms with Crippen molar-refractivity contribution < 1.29 is 8.42 Å². The summed E-state index contributed by atoms with van der Waals surface area (Å²) in [4.78, 5) is 11.2. The first-order chi connectivity index (χ1) is 12.8. The lowest BCUT2D eigenvalue weighted by Crippen LogP contribution is -2.42. The number of aromatic nitrogens is 4. The lowest BCUT2D eigenvalue weighted by Gasteiger charge is -2.32. The van der Waals surface area contributed by atoms with Gasteiger partial charge in [-0.1, -0.05) is 27.2 Å². The fourth-order valence-electron chi connectivity index (χ4n) is 3.69. The van der Waals surface area contributed by atoms with Gasteiger partial charge in [0, 0.05) is 19.6 Å². The Morgan fingerprint density at radius 1 is 1.26 bits per heavy atom. The summed E-state index contributed by atoms with van der Waals surface area (Å²) in [6, 6.07) is 0. The number of rotatable bonds is 7. The standard InChI is InChI=1S/C18H30N6O2S/c1-4-5-8-24-18-16(15(22-24)11-13(2)3)17(20-12-21-18)23-9-6-14(7-10-23)27(19,25)26/h12-14H,4-11H2,1-3H3,(H2,19,25,26). The average molecular weight is 395 g/mol. The number of hydrogen-bond donors (Lipinski definition) is 1. The molecule has 0 aliphatic carbocycles. The molecule has 8 nitrogen and oxygen atoms in total. The van der Waals surface area contributed by atoms with Gasteiger partial charge in [-0.15, -0.1) is 0 Å². The second kappa shape index (κ2) is 8.10. The fraction of sp³-hybridized carbons (Fsp3) is 0.722. The van der Waals surface area contributed by atoms with Gasteiger partial charge in [-0.05, 0) is 31.6 Å². The highest BCUT2D eigenvalue weighted by atomic mass is 32.2. The van der Waals surface area contributed by atoms with Crippen LogP contribution in [0, 0.1) is 5.92 Å². The van der Waals surface area contributed by atoms with E-state index in [4.69, 9.17) is 10.2 Å². The van der Waals surface area contributed by atoms with Crippen LogP contribution in [0.3, 0.4) is 0 Å². The topological polar surface area (TPSA) is 107 Å². The number of aryl methyl sites for hydroxylation is 1. The summed E-state index contributed by atoms with van der Waals surface area (Å²) >= 11 is 0. The summed E-state index contributed by atoms with van der Waals surface area (Å²) in [5.74, 6) is 1.34. The van der Waals surface area contributed by atoms with E-state index in [9.17, 15) is 8.42 Å². The number of primary sulfonamides is 1. The molecule has 3 heterocycles. The van der Waals surface area contributed by atoms with E-state index < -0.39 is 15.3 Å². The summed E-state index contributed by atoms with van der Waals surface area (Å²) in [6.07, 6.45) is 5.65. The molecule has 0 amide bonds. The molecule has 150 valence electrons. The van der Waals surface area contributed by atoms with E-state index in [1.165, 1.54) is 0 Å². The molecule has 1 fully saturated rings. The minimum Gasteiger partial charge on any atom is -0.356 e. The monoisotopic (exact) mass is 394 g/mol. The van der Waals surface area contributed by atoms with E-state index in [0.717, 1.165) is 48.4 Å². The summed E-state index contributed by atoms with van der Waals surface area (Å²) in [7, 11) is -3.48. The Balaban J connectivity index is 1.97. The van der Waals surface area contributed by atoms with Crippen molar-refractivity contribution in [3.8, 4) is 0 Å². The number of anilines is 1. The molecule has 0 bridgehead atoms. The number of fused-ring (bicyclic) bond motifs is 1. The number of nitrogens with zero attached hydrogens (tertiary/aromatic N) is 5. The molecular formula is C18H30N6O2S. The summed E-state index contributed by atoms with van der Waals surface area (Å²) in [6.45, 7) is 8.60. The van der Waals surface area contributed by atoms with Crippen LogP contribution >= 0.6 is 0 Å². The molecule has 0 radical (unpaired) electrons. The van der Waals surface area contributed by atoms with Crippen molar-refractivity contribution in [2.24, 2.45) is 11.1 Å². The molecule has 9 heteroatoms. The van der Waals surface area contributed by atoms with Gasteiger partial charge in [-0.3, -0.25) is 0 Å². The maximum atomic E-state index is 11.6. The first-order valence-electron chi connectivity index (χ1n) is 9.78. The zero-order chi connectivity index (χ0) is 19.6. The second-order valence-electron chi connectivity index (χ2n) is 7.79. The van der Waals surface area contributed by atoms with Crippen molar-refractivity contribution in [2.75, 3.05) is 18.0 Å². The van der Waals surface area contributed by atoms with E-state index in [-0.39, 0.29) is 0 Å². The van der Waals surface area contributed by atoms with Gasteiger partial charge in [0.05, 0.1) is 16.3 Å². The van der Waals surface area contributed by atoms with E-state index in [1.54, 1.807) is 6.33 Å². The molecule has 0 spiro atoms. The van der Waals surface area contributed by atoms with Gasteiger partial charge in [0.1, 0.15) is 12.1 Å². The normalized spacial score (nSPS) is 16.6. The van der Waals surface area contributed by atoms with Crippen molar-refractivity contribution in [1.82, 2.24) is 19.7 Å². The predicted molar refractivity (Wildman–Crippen MR) is 107 cm³/mol. The minimum absolute atomic E-state index is 0.464. The fourth-order valence-corrected chi connectivity index (χ4v) is 4.56. The van der Waals surface area contributed by atoms with Crippen LogP contribution in [0.4, 0.5) is 5.82 Å². The smallest absolute Gasteiger partial charge is 0.212 e. The number of nitrogens with two attached hydrogens (primary N) is 1.